The molecule has 2 aromatic rings. The highest BCUT2D eigenvalue weighted by molar-refractivity contribution is 6.32. The Balaban J connectivity index is 1.96. The van der Waals surface area contributed by atoms with Crippen LogP contribution in [-0.2, 0) is 4.79 Å². The number of benzene rings is 2. The molecule has 0 saturated carbocycles. The van der Waals surface area contributed by atoms with Gasteiger partial charge in [0.1, 0.15) is 5.75 Å². The number of halogens is 1. The molecule has 0 aliphatic heterocycles. The summed E-state index contributed by atoms with van der Waals surface area (Å²) in [5.41, 5.74) is 3.84. The lowest BCUT2D eigenvalue weighted by Crippen LogP contribution is -2.26. The molecular weight excluding hydrogens is 382 g/mol. The van der Waals surface area contributed by atoms with E-state index in [0.29, 0.717) is 27.8 Å². The molecule has 0 spiro atoms. The first-order chi connectivity index (χ1) is 13.4. The summed E-state index contributed by atoms with van der Waals surface area (Å²) in [7, 11) is 3.10. The van der Waals surface area contributed by atoms with Crippen molar-refractivity contribution in [2.75, 3.05) is 26.1 Å². The lowest BCUT2D eigenvalue weighted by Gasteiger charge is -2.15. The van der Waals surface area contributed by atoms with Gasteiger partial charge in [0.05, 0.1) is 43.8 Å². The van der Waals surface area contributed by atoms with E-state index in [1.807, 2.05) is 38.1 Å². The molecule has 28 heavy (non-hydrogen) atoms. The highest BCUT2D eigenvalue weighted by atomic mass is 35.5. The van der Waals surface area contributed by atoms with E-state index in [9.17, 15) is 4.79 Å². The number of carbonyl (C=O) groups excluding carboxylic acids is 1. The van der Waals surface area contributed by atoms with E-state index < -0.39 is 0 Å². The van der Waals surface area contributed by atoms with Gasteiger partial charge < -0.3 is 19.5 Å². The van der Waals surface area contributed by atoms with E-state index in [4.69, 9.17) is 25.8 Å². The van der Waals surface area contributed by atoms with Crippen molar-refractivity contribution in [1.82, 2.24) is 5.43 Å². The summed E-state index contributed by atoms with van der Waals surface area (Å²) in [5, 5.41) is 7.35. The molecule has 0 saturated heterocycles. The van der Waals surface area contributed by atoms with Gasteiger partial charge in [0.2, 0.25) is 0 Å². The lowest BCUT2D eigenvalue weighted by atomic mass is 10.2. The molecule has 1 amide bonds. The highest BCUT2D eigenvalue weighted by Gasteiger charge is 2.13. The van der Waals surface area contributed by atoms with Crippen molar-refractivity contribution in [2.45, 2.75) is 20.0 Å². The van der Waals surface area contributed by atoms with Crippen molar-refractivity contribution < 1.29 is 19.0 Å². The van der Waals surface area contributed by atoms with Crippen LogP contribution in [0.2, 0.25) is 5.02 Å². The summed E-state index contributed by atoms with van der Waals surface area (Å²) in [6, 6.07) is 10.7. The Bertz CT molecular complexity index is 840. The van der Waals surface area contributed by atoms with Gasteiger partial charge in [-0.05, 0) is 43.7 Å². The number of para-hydroxylation sites is 2. The number of hydrazone groups is 1. The van der Waals surface area contributed by atoms with Gasteiger partial charge in [0.15, 0.2) is 11.5 Å². The molecule has 0 atom stereocenters. The van der Waals surface area contributed by atoms with Gasteiger partial charge in [-0.2, -0.15) is 5.10 Å². The second-order valence-corrected chi connectivity index (χ2v) is 6.45. The number of hydrogen-bond acceptors (Lipinski definition) is 6. The lowest BCUT2D eigenvalue weighted by molar-refractivity contribution is -0.119. The molecule has 0 aliphatic rings. The van der Waals surface area contributed by atoms with Crippen molar-refractivity contribution in [2.24, 2.45) is 5.10 Å². The second kappa shape index (κ2) is 10.4. The Hall–Kier alpha value is -2.93. The van der Waals surface area contributed by atoms with Crippen LogP contribution in [0.15, 0.2) is 41.5 Å². The summed E-state index contributed by atoms with van der Waals surface area (Å²) >= 11 is 6.27. The largest absolute Gasteiger partial charge is 0.495 e. The van der Waals surface area contributed by atoms with Crippen LogP contribution in [0, 0.1) is 0 Å². The molecule has 0 aliphatic carbocycles. The van der Waals surface area contributed by atoms with Crippen molar-refractivity contribution >= 4 is 29.4 Å². The van der Waals surface area contributed by atoms with Gasteiger partial charge in [0, 0.05) is 0 Å². The minimum absolute atomic E-state index is 0.0408. The number of amides is 1. The molecule has 150 valence electrons. The van der Waals surface area contributed by atoms with Gasteiger partial charge in [0.25, 0.3) is 5.91 Å². The van der Waals surface area contributed by atoms with Gasteiger partial charge in [-0.1, -0.05) is 23.7 Å². The predicted molar refractivity (Wildman–Crippen MR) is 111 cm³/mol. The number of carbonyl (C=O) groups is 1. The van der Waals surface area contributed by atoms with Gasteiger partial charge >= 0.3 is 0 Å². The monoisotopic (exact) mass is 405 g/mol. The zero-order valence-corrected chi connectivity index (χ0v) is 17.0. The van der Waals surface area contributed by atoms with Crippen LogP contribution >= 0.6 is 11.6 Å². The van der Waals surface area contributed by atoms with E-state index in [2.05, 4.69) is 15.8 Å². The Kier molecular flexibility index (Phi) is 7.95. The third-order valence-corrected chi connectivity index (χ3v) is 3.84. The van der Waals surface area contributed by atoms with Crippen LogP contribution in [0.25, 0.3) is 0 Å². The van der Waals surface area contributed by atoms with Gasteiger partial charge in [-0.3, -0.25) is 4.79 Å². The number of ether oxygens (including phenoxy) is 3. The van der Waals surface area contributed by atoms with E-state index in [1.165, 1.54) is 13.3 Å². The Labute approximate surface area is 169 Å². The number of rotatable bonds is 9. The number of nitrogens with one attached hydrogen (secondary N) is 2. The van der Waals surface area contributed by atoms with Crippen LogP contribution in [0.5, 0.6) is 17.2 Å². The molecule has 0 aromatic heterocycles. The fourth-order valence-corrected chi connectivity index (χ4v) is 2.61. The zero-order chi connectivity index (χ0) is 20.5. The van der Waals surface area contributed by atoms with Crippen LogP contribution < -0.4 is 25.0 Å². The maximum absolute atomic E-state index is 12.0. The number of hydrogen-bond donors (Lipinski definition) is 2. The average molecular weight is 406 g/mol. The number of nitrogens with zero attached hydrogens (tertiary/aromatic N) is 1. The minimum atomic E-state index is -0.306. The van der Waals surface area contributed by atoms with Crippen LogP contribution in [0.3, 0.4) is 0 Å². The van der Waals surface area contributed by atoms with Gasteiger partial charge in [-0.15, -0.1) is 0 Å². The summed E-state index contributed by atoms with van der Waals surface area (Å²) in [4.78, 5) is 12.0. The first-order valence-corrected chi connectivity index (χ1v) is 9.05. The molecule has 0 unspecified atom stereocenters. The normalized spacial score (nSPS) is 10.8. The van der Waals surface area contributed by atoms with Crippen molar-refractivity contribution in [3.63, 3.8) is 0 Å². The molecule has 0 bridgehead atoms. The summed E-state index contributed by atoms with van der Waals surface area (Å²) in [5.74, 6) is 1.32. The molecule has 0 radical (unpaired) electrons. The fraction of sp³-hybridized carbons (Fsp3) is 0.300. The maximum atomic E-state index is 12.0. The standard InChI is InChI=1S/C20H24ClN3O4/c1-13(2)28-20-15(21)9-14(10-18(20)27-4)11-23-24-19(25)12-22-16-7-5-6-8-17(16)26-3/h5-11,13,22H,12H2,1-4H3,(H,24,25)/b23-11-. The molecule has 2 aromatic carbocycles. The maximum Gasteiger partial charge on any atom is 0.259 e. The van der Waals surface area contributed by atoms with E-state index in [-0.39, 0.29) is 18.6 Å². The van der Waals surface area contributed by atoms with Crippen molar-refractivity contribution in [1.29, 1.82) is 0 Å². The molecule has 2 rings (SSSR count). The first kappa shape index (κ1) is 21.4. The second-order valence-electron chi connectivity index (χ2n) is 6.05. The highest BCUT2D eigenvalue weighted by Crippen LogP contribution is 2.36. The van der Waals surface area contributed by atoms with Crippen LogP contribution in [-0.4, -0.2) is 39.0 Å². The molecule has 7 nitrogen and oxygen atoms in total. The average Bonchev–Trinajstić information content (AvgIpc) is 2.68. The summed E-state index contributed by atoms with van der Waals surface area (Å²) in [6.07, 6.45) is 1.44. The fourth-order valence-electron chi connectivity index (χ4n) is 2.35. The molecule has 0 fully saturated rings. The zero-order valence-electron chi connectivity index (χ0n) is 16.3. The van der Waals surface area contributed by atoms with E-state index in [0.717, 1.165) is 5.69 Å². The smallest absolute Gasteiger partial charge is 0.259 e. The molecule has 2 N–H and O–H groups in total. The van der Waals surface area contributed by atoms with Crippen LogP contribution in [0.4, 0.5) is 5.69 Å². The summed E-state index contributed by atoms with van der Waals surface area (Å²) in [6.45, 7) is 3.85. The molecular formula is C20H24ClN3O4. The first-order valence-electron chi connectivity index (χ1n) is 8.67. The third kappa shape index (κ3) is 6.06. The van der Waals surface area contributed by atoms with E-state index in [1.54, 1.807) is 19.2 Å². The number of anilines is 1. The Morgan fingerprint density at radius 1 is 1.18 bits per heavy atom. The van der Waals surface area contributed by atoms with E-state index >= 15 is 0 Å². The van der Waals surface area contributed by atoms with Gasteiger partial charge in [-0.25, -0.2) is 5.43 Å². The van der Waals surface area contributed by atoms with Crippen molar-refractivity contribution in [3.8, 4) is 17.2 Å². The minimum Gasteiger partial charge on any atom is -0.495 e. The van der Waals surface area contributed by atoms with Crippen LogP contribution in [0.1, 0.15) is 19.4 Å². The Morgan fingerprint density at radius 2 is 1.89 bits per heavy atom. The Morgan fingerprint density at radius 3 is 2.57 bits per heavy atom. The predicted octanol–water partition coefficient (Wildman–Crippen LogP) is 3.71. The summed E-state index contributed by atoms with van der Waals surface area (Å²) < 4.78 is 16.2. The quantitative estimate of drug-likeness (QED) is 0.491. The topological polar surface area (TPSA) is 81.2 Å². The molecule has 0 heterocycles. The molecule has 8 heteroatoms. The van der Waals surface area contributed by atoms with Crippen molar-refractivity contribution in [3.05, 3.63) is 47.0 Å². The third-order valence-electron chi connectivity index (χ3n) is 3.55. The SMILES string of the molecule is COc1ccccc1NCC(=O)N/N=C\c1cc(Cl)c(OC(C)C)c(OC)c1. The number of methoxy groups -OCH3 is 2.